The van der Waals surface area contributed by atoms with Gasteiger partial charge >= 0.3 is 0 Å². The third-order valence-electron chi connectivity index (χ3n) is 2.15. The number of halogens is 1. The lowest BCUT2D eigenvalue weighted by Crippen LogP contribution is -1.92. The number of pyridine rings is 2. The van der Waals surface area contributed by atoms with Gasteiger partial charge in [-0.15, -0.1) is 0 Å². The number of hydrogen-bond acceptors (Lipinski definition) is 4. The molecule has 0 bridgehead atoms. The first kappa shape index (κ1) is 12.5. The van der Waals surface area contributed by atoms with Crippen LogP contribution >= 0.6 is 27.7 Å². The van der Waals surface area contributed by atoms with E-state index >= 15 is 0 Å². The van der Waals surface area contributed by atoms with Gasteiger partial charge in [0.15, 0.2) is 0 Å². The Morgan fingerprint density at radius 3 is 2.24 bits per heavy atom. The minimum Gasteiger partial charge on any atom is -0.389 e. The second-order valence-electron chi connectivity index (χ2n) is 3.52. The summed E-state index contributed by atoms with van der Waals surface area (Å²) in [6, 6.07) is 7.63. The van der Waals surface area contributed by atoms with Crippen LogP contribution in [-0.4, -0.2) is 15.1 Å². The van der Waals surface area contributed by atoms with Crippen LogP contribution in [0, 0.1) is 0 Å². The van der Waals surface area contributed by atoms with Crippen LogP contribution < -0.4 is 0 Å². The predicted molar refractivity (Wildman–Crippen MR) is 70.9 cm³/mol. The average molecular weight is 311 g/mol. The van der Waals surface area contributed by atoms with Gasteiger partial charge in [-0.1, -0.05) is 17.8 Å². The van der Waals surface area contributed by atoms with Crippen molar-refractivity contribution in [1.82, 2.24) is 9.97 Å². The van der Waals surface area contributed by atoms with E-state index in [2.05, 4.69) is 25.9 Å². The van der Waals surface area contributed by atoms with Crippen LogP contribution in [0.3, 0.4) is 0 Å². The Morgan fingerprint density at radius 2 is 1.76 bits per heavy atom. The first-order valence-corrected chi connectivity index (χ1v) is 6.69. The lowest BCUT2D eigenvalue weighted by molar-refractivity contribution is 0.198. The highest BCUT2D eigenvalue weighted by Gasteiger charge is 2.03. The molecular weight excluding hydrogens is 300 g/mol. The van der Waals surface area contributed by atoms with Crippen molar-refractivity contribution < 1.29 is 5.11 Å². The maximum absolute atomic E-state index is 9.37. The smallest absolute Gasteiger partial charge is 0.102 e. The molecule has 0 fully saturated rings. The van der Waals surface area contributed by atoms with Crippen molar-refractivity contribution in [2.45, 2.75) is 23.1 Å². The summed E-state index contributed by atoms with van der Waals surface area (Å²) in [7, 11) is 0. The zero-order chi connectivity index (χ0) is 12.3. The minimum absolute atomic E-state index is 0.479. The standard InChI is InChI=1S/C12H11BrN2OS/c1-8(16)9-2-4-11(14-6-9)17-12-5-3-10(13)7-15-12/h2-8,16H,1H3/t8-/m0/s1. The number of rotatable bonds is 3. The summed E-state index contributed by atoms with van der Waals surface area (Å²) < 4.78 is 0.958. The average Bonchev–Trinajstić information content (AvgIpc) is 2.33. The van der Waals surface area contributed by atoms with Crippen molar-refractivity contribution in [1.29, 1.82) is 0 Å². The monoisotopic (exact) mass is 310 g/mol. The molecule has 1 atom stereocenters. The van der Waals surface area contributed by atoms with E-state index < -0.39 is 6.10 Å². The van der Waals surface area contributed by atoms with Crippen molar-refractivity contribution >= 4 is 27.7 Å². The molecule has 0 aliphatic carbocycles. The van der Waals surface area contributed by atoms with Crippen LogP contribution in [0.4, 0.5) is 0 Å². The van der Waals surface area contributed by atoms with Gasteiger partial charge in [-0.05, 0) is 46.6 Å². The molecule has 0 radical (unpaired) electrons. The Morgan fingerprint density at radius 1 is 1.12 bits per heavy atom. The van der Waals surface area contributed by atoms with Crippen LogP contribution in [0.5, 0.6) is 0 Å². The molecule has 1 N–H and O–H groups in total. The molecule has 2 aromatic rings. The van der Waals surface area contributed by atoms with Crippen molar-refractivity contribution in [2.24, 2.45) is 0 Å². The number of nitrogens with zero attached hydrogens (tertiary/aromatic N) is 2. The highest BCUT2D eigenvalue weighted by molar-refractivity contribution is 9.10. The Bertz CT molecular complexity index is 485. The summed E-state index contributed by atoms with van der Waals surface area (Å²) in [6.07, 6.45) is 2.96. The van der Waals surface area contributed by atoms with E-state index in [0.717, 1.165) is 20.1 Å². The first-order valence-electron chi connectivity index (χ1n) is 5.08. The number of hydrogen-bond donors (Lipinski definition) is 1. The summed E-state index contributed by atoms with van der Waals surface area (Å²) >= 11 is 4.83. The molecule has 88 valence electrons. The molecule has 17 heavy (non-hydrogen) atoms. The van der Waals surface area contributed by atoms with Crippen LogP contribution in [0.1, 0.15) is 18.6 Å². The SMILES string of the molecule is C[C@H](O)c1ccc(Sc2ccc(Br)cn2)nc1. The van der Waals surface area contributed by atoms with Gasteiger partial charge in [0, 0.05) is 16.9 Å². The third-order valence-corrected chi connectivity index (χ3v) is 3.52. The summed E-state index contributed by atoms with van der Waals surface area (Å²) in [5, 5.41) is 11.1. The fourth-order valence-corrected chi connectivity index (χ4v) is 2.16. The molecule has 5 heteroatoms. The fourth-order valence-electron chi connectivity index (χ4n) is 1.23. The van der Waals surface area contributed by atoms with E-state index in [1.165, 1.54) is 11.8 Å². The Kier molecular flexibility index (Phi) is 4.15. The second kappa shape index (κ2) is 5.62. The molecule has 0 saturated carbocycles. The van der Waals surface area contributed by atoms with Gasteiger partial charge in [0.2, 0.25) is 0 Å². The van der Waals surface area contributed by atoms with E-state index in [4.69, 9.17) is 0 Å². The van der Waals surface area contributed by atoms with Gasteiger partial charge in [0.05, 0.1) is 6.10 Å². The Hall–Kier alpha value is -0.910. The van der Waals surface area contributed by atoms with Crippen LogP contribution in [-0.2, 0) is 0 Å². The predicted octanol–water partition coefficient (Wildman–Crippen LogP) is 3.44. The van der Waals surface area contributed by atoms with Crippen LogP contribution in [0.25, 0.3) is 0 Å². The summed E-state index contributed by atoms with van der Waals surface area (Å²) in [5.41, 5.74) is 0.818. The van der Waals surface area contributed by atoms with Crippen molar-refractivity contribution in [3.05, 3.63) is 46.7 Å². The summed E-state index contributed by atoms with van der Waals surface area (Å²) in [4.78, 5) is 8.53. The van der Waals surface area contributed by atoms with Crippen LogP contribution in [0.15, 0.2) is 51.2 Å². The van der Waals surface area contributed by atoms with Gasteiger partial charge in [0.1, 0.15) is 10.1 Å². The number of aliphatic hydroxyl groups excluding tert-OH is 1. The molecular formula is C12H11BrN2OS. The third kappa shape index (κ3) is 3.52. The number of aliphatic hydroxyl groups is 1. The Balaban J connectivity index is 2.11. The molecule has 0 spiro atoms. The fraction of sp³-hybridized carbons (Fsp3) is 0.167. The van der Waals surface area contributed by atoms with Gasteiger partial charge in [-0.25, -0.2) is 9.97 Å². The maximum atomic E-state index is 9.37. The van der Waals surface area contributed by atoms with E-state index in [1.807, 2.05) is 24.3 Å². The highest BCUT2D eigenvalue weighted by Crippen LogP contribution is 2.25. The van der Waals surface area contributed by atoms with E-state index in [9.17, 15) is 5.11 Å². The van der Waals surface area contributed by atoms with Gasteiger partial charge < -0.3 is 5.11 Å². The second-order valence-corrected chi connectivity index (χ2v) is 5.48. The van der Waals surface area contributed by atoms with Crippen molar-refractivity contribution in [3.8, 4) is 0 Å². The molecule has 0 aliphatic rings. The summed E-state index contributed by atoms with van der Waals surface area (Å²) in [6.45, 7) is 1.72. The van der Waals surface area contributed by atoms with E-state index in [1.54, 1.807) is 19.3 Å². The molecule has 0 unspecified atom stereocenters. The van der Waals surface area contributed by atoms with Crippen LogP contribution in [0.2, 0.25) is 0 Å². The molecule has 2 aromatic heterocycles. The largest absolute Gasteiger partial charge is 0.389 e. The van der Waals surface area contributed by atoms with Gasteiger partial charge in [0.25, 0.3) is 0 Å². The quantitative estimate of drug-likeness (QED) is 0.943. The molecule has 2 rings (SSSR count). The lowest BCUT2D eigenvalue weighted by Gasteiger charge is -2.04. The molecule has 0 aliphatic heterocycles. The maximum Gasteiger partial charge on any atom is 0.102 e. The topological polar surface area (TPSA) is 46.0 Å². The zero-order valence-corrected chi connectivity index (χ0v) is 11.6. The molecule has 2 heterocycles. The molecule has 3 nitrogen and oxygen atoms in total. The molecule has 0 saturated heterocycles. The molecule has 0 aromatic carbocycles. The summed E-state index contributed by atoms with van der Waals surface area (Å²) in [5.74, 6) is 0. The zero-order valence-electron chi connectivity index (χ0n) is 9.17. The molecule has 0 amide bonds. The highest BCUT2D eigenvalue weighted by atomic mass is 79.9. The van der Waals surface area contributed by atoms with Crippen molar-refractivity contribution in [3.63, 3.8) is 0 Å². The number of aromatic nitrogens is 2. The van der Waals surface area contributed by atoms with Crippen molar-refractivity contribution in [2.75, 3.05) is 0 Å². The van der Waals surface area contributed by atoms with Gasteiger partial charge in [-0.2, -0.15) is 0 Å². The Labute approximate surface area is 112 Å². The van der Waals surface area contributed by atoms with Gasteiger partial charge in [-0.3, -0.25) is 0 Å². The minimum atomic E-state index is -0.479. The van der Waals surface area contributed by atoms with E-state index in [-0.39, 0.29) is 0 Å². The normalized spacial score (nSPS) is 12.4. The lowest BCUT2D eigenvalue weighted by atomic mass is 10.2. The first-order chi connectivity index (χ1) is 8.15. The van der Waals surface area contributed by atoms with E-state index in [0.29, 0.717) is 0 Å².